The van der Waals surface area contributed by atoms with E-state index in [4.69, 9.17) is 10.9 Å². The lowest BCUT2D eigenvalue weighted by atomic mass is 10.3. The highest BCUT2D eigenvalue weighted by Gasteiger charge is 2.15. The van der Waals surface area contributed by atoms with Gasteiger partial charge in [0.15, 0.2) is 5.16 Å². The minimum absolute atomic E-state index is 0.0930. The van der Waals surface area contributed by atoms with Gasteiger partial charge in [-0.3, -0.25) is 0 Å². The van der Waals surface area contributed by atoms with Gasteiger partial charge in [0.2, 0.25) is 10.0 Å². The molecule has 0 fully saturated rings. The average molecular weight is 296 g/mol. The van der Waals surface area contributed by atoms with Crippen LogP contribution in [0.2, 0.25) is 0 Å². The van der Waals surface area contributed by atoms with E-state index in [1.807, 2.05) is 6.92 Å². The van der Waals surface area contributed by atoms with E-state index in [1.165, 1.54) is 17.8 Å². The lowest BCUT2D eigenvalue weighted by Crippen LogP contribution is -2.14. The maximum Gasteiger partial charge on any atom is 0.240 e. The molecular weight excluding hydrogens is 284 g/mol. The quantitative estimate of drug-likeness (QED) is 0.649. The second kappa shape index (κ2) is 5.16. The molecule has 0 saturated carbocycles. The maximum atomic E-state index is 11.4. The van der Waals surface area contributed by atoms with Gasteiger partial charge >= 0.3 is 0 Å². The van der Waals surface area contributed by atoms with Crippen LogP contribution < -0.4 is 10.9 Å². The second-order valence-electron chi connectivity index (χ2n) is 3.86. The molecule has 0 saturated heterocycles. The van der Waals surface area contributed by atoms with Gasteiger partial charge in [-0.1, -0.05) is 6.07 Å². The summed E-state index contributed by atoms with van der Waals surface area (Å²) in [5.74, 6) is 0. The number of hydrogen-bond donors (Lipinski definition) is 2. The lowest BCUT2D eigenvalue weighted by molar-refractivity contribution is 0.598. The topological polar surface area (TPSA) is 112 Å². The van der Waals surface area contributed by atoms with E-state index in [0.29, 0.717) is 10.1 Å². The van der Waals surface area contributed by atoms with Gasteiger partial charge in [0, 0.05) is 17.3 Å². The SMILES string of the molecule is Cc1cnc(Sc2cccc(S(N)(=O)=O)c2N)nc1. The van der Waals surface area contributed by atoms with Crippen molar-refractivity contribution in [3.05, 3.63) is 36.2 Å². The molecule has 0 aliphatic heterocycles. The van der Waals surface area contributed by atoms with Crippen molar-refractivity contribution in [2.45, 2.75) is 21.9 Å². The first kappa shape index (κ1) is 13.8. The van der Waals surface area contributed by atoms with E-state index in [-0.39, 0.29) is 10.6 Å². The highest BCUT2D eigenvalue weighted by molar-refractivity contribution is 7.99. The van der Waals surface area contributed by atoms with Crippen molar-refractivity contribution in [3.63, 3.8) is 0 Å². The summed E-state index contributed by atoms with van der Waals surface area (Å²) < 4.78 is 22.7. The zero-order valence-corrected chi connectivity index (χ0v) is 11.7. The van der Waals surface area contributed by atoms with Crippen LogP contribution in [-0.4, -0.2) is 18.4 Å². The van der Waals surface area contributed by atoms with Crippen LogP contribution >= 0.6 is 11.8 Å². The fraction of sp³-hybridized carbons (Fsp3) is 0.0909. The predicted octanol–water partition coefficient (Wildman–Crippen LogP) is 1.17. The minimum atomic E-state index is -3.83. The normalized spacial score (nSPS) is 11.5. The molecule has 2 rings (SSSR count). The van der Waals surface area contributed by atoms with Crippen LogP contribution in [0.1, 0.15) is 5.56 Å². The van der Waals surface area contributed by atoms with Crippen molar-refractivity contribution >= 4 is 27.5 Å². The van der Waals surface area contributed by atoms with Gasteiger partial charge in [-0.2, -0.15) is 0 Å². The maximum absolute atomic E-state index is 11.4. The Morgan fingerprint density at radius 2 is 1.84 bits per heavy atom. The summed E-state index contributed by atoms with van der Waals surface area (Å²) >= 11 is 1.19. The Morgan fingerprint density at radius 3 is 2.42 bits per heavy atom. The molecule has 1 heterocycles. The summed E-state index contributed by atoms with van der Waals surface area (Å²) in [5.41, 5.74) is 6.86. The Hall–Kier alpha value is -1.64. The van der Waals surface area contributed by atoms with Gasteiger partial charge in [-0.05, 0) is 36.4 Å². The Morgan fingerprint density at radius 1 is 1.21 bits per heavy atom. The molecule has 0 unspecified atom stereocenters. The van der Waals surface area contributed by atoms with E-state index < -0.39 is 10.0 Å². The van der Waals surface area contributed by atoms with Crippen LogP contribution in [0.3, 0.4) is 0 Å². The van der Waals surface area contributed by atoms with Crippen molar-refractivity contribution in [1.29, 1.82) is 0 Å². The zero-order valence-electron chi connectivity index (χ0n) is 10.1. The standard InChI is InChI=1S/C11H12N4O2S2/c1-7-5-14-11(15-6-7)18-8-3-2-4-9(10(8)12)19(13,16)17/h2-6H,12H2,1H3,(H2,13,16,17). The molecule has 8 heteroatoms. The molecule has 0 atom stereocenters. The minimum Gasteiger partial charge on any atom is -0.397 e. The number of sulfonamides is 1. The third-order valence-electron chi connectivity index (χ3n) is 2.29. The molecule has 4 N–H and O–H groups in total. The number of nitrogens with two attached hydrogens (primary N) is 2. The molecule has 0 aliphatic carbocycles. The lowest BCUT2D eigenvalue weighted by Gasteiger charge is -2.08. The van der Waals surface area contributed by atoms with E-state index in [2.05, 4.69) is 9.97 Å². The highest BCUT2D eigenvalue weighted by Crippen LogP contribution is 2.33. The third kappa shape index (κ3) is 3.22. The van der Waals surface area contributed by atoms with Crippen molar-refractivity contribution < 1.29 is 8.42 Å². The van der Waals surface area contributed by atoms with Crippen LogP contribution in [0.15, 0.2) is 45.5 Å². The molecule has 100 valence electrons. The molecular formula is C11H12N4O2S2. The second-order valence-corrected chi connectivity index (χ2v) is 6.40. The Balaban J connectivity index is 2.39. The van der Waals surface area contributed by atoms with Gasteiger partial charge in [-0.25, -0.2) is 23.5 Å². The van der Waals surface area contributed by atoms with E-state index in [0.717, 1.165) is 5.56 Å². The van der Waals surface area contributed by atoms with Gasteiger partial charge in [0.25, 0.3) is 0 Å². The first-order chi connectivity index (χ1) is 8.88. The molecule has 1 aromatic carbocycles. The summed E-state index contributed by atoms with van der Waals surface area (Å²) in [6.45, 7) is 1.88. The highest BCUT2D eigenvalue weighted by atomic mass is 32.2. The van der Waals surface area contributed by atoms with Gasteiger partial charge < -0.3 is 5.73 Å². The fourth-order valence-electron chi connectivity index (χ4n) is 1.39. The fourth-order valence-corrected chi connectivity index (χ4v) is 2.92. The van der Waals surface area contributed by atoms with Crippen LogP contribution in [0.25, 0.3) is 0 Å². The molecule has 0 aliphatic rings. The molecule has 0 spiro atoms. The van der Waals surface area contributed by atoms with E-state index >= 15 is 0 Å². The number of aryl methyl sites for hydroxylation is 1. The smallest absolute Gasteiger partial charge is 0.240 e. The Kier molecular flexibility index (Phi) is 3.74. The first-order valence-corrected chi connectivity index (χ1v) is 7.62. The zero-order chi connectivity index (χ0) is 14.0. The summed E-state index contributed by atoms with van der Waals surface area (Å²) in [6.07, 6.45) is 3.35. The number of hydrogen-bond acceptors (Lipinski definition) is 6. The molecule has 0 radical (unpaired) electrons. The van der Waals surface area contributed by atoms with E-state index in [1.54, 1.807) is 24.5 Å². The number of nitrogens with zero attached hydrogens (tertiary/aromatic N) is 2. The summed E-state index contributed by atoms with van der Waals surface area (Å²) in [6, 6.07) is 4.63. The number of para-hydroxylation sites is 1. The van der Waals surface area contributed by atoms with Gasteiger partial charge in [0.1, 0.15) is 4.90 Å². The van der Waals surface area contributed by atoms with Crippen LogP contribution in [0, 0.1) is 6.92 Å². The summed E-state index contributed by atoms with van der Waals surface area (Å²) in [5, 5.41) is 5.58. The summed E-state index contributed by atoms with van der Waals surface area (Å²) in [7, 11) is -3.83. The van der Waals surface area contributed by atoms with Gasteiger partial charge in [0.05, 0.1) is 5.69 Å². The molecule has 2 aromatic rings. The third-order valence-corrected chi connectivity index (χ3v) is 4.23. The number of anilines is 1. The van der Waals surface area contributed by atoms with Crippen molar-refractivity contribution in [1.82, 2.24) is 9.97 Å². The number of nitrogen functional groups attached to an aromatic ring is 1. The molecule has 19 heavy (non-hydrogen) atoms. The first-order valence-electron chi connectivity index (χ1n) is 5.26. The van der Waals surface area contributed by atoms with Crippen molar-refractivity contribution in [3.8, 4) is 0 Å². The largest absolute Gasteiger partial charge is 0.397 e. The van der Waals surface area contributed by atoms with Crippen molar-refractivity contribution in [2.75, 3.05) is 5.73 Å². The van der Waals surface area contributed by atoms with Crippen LogP contribution in [0.5, 0.6) is 0 Å². The number of benzene rings is 1. The summed E-state index contributed by atoms with van der Waals surface area (Å²) in [4.78, 5) is 8.70. The van der Waals surface area contributed by atoms with E-state index in [9.17, 15) is 8.42 Å². The van der Waals surface area contributed by atoms with Crippen LogP contribution in [-0.2, 0) is 10.0 Å². The Bertz CT molecular complexity index is 699. The molecule has 6 nitrogen and oxygen atoms in total. The Labute approximate surface area is 115 Å². The molecule has 0 bridgehead atoms. The van der Waals surface area contributed by atoms with Crippen molar-refractivity contribution in [2.24, 2.45) is 5.14 Å². The number of rotatable bonds is 3. The average Bonchev–Trinajstić information content (AvgIpc) is 2.33. The monoisotopic (exact) mass is 296 g/mol. The molecule has 0 amide bonds. The number of primary sulfonamides is 1. The van der Waals surface area contributed by atoms with Crippen LogP contribution in [0.4, 0.5) is 5.69 Å². The predicted molar refractivity (Wildman–Crippen MR) is 73.1 cm³/mol. The van der Waals surface area contributed by atoms with Gasteiger partial charge in [-0.15, -0.1) is 0 Å². The molecule has 1 aromatic heterocycles. The number of aromatic nitrogens is 2.